The molecule has 7 heteroatoms. The lowest BCUT2D eigenvalue weighted by atomic mass is 9.93. The van der Waals surface area contributed by atoms with E-state index in [-0.39, 0.29) is 6.04 Å². The number of rotatable bonds is 6. The summed E-state index contributed by atoms with van der Waals surface area (Å²) in [4.78, 5) is 2.53. The zero-order valence-corrected chi connectivity index (χ0v) is 16.2. The Bertz CT molecular complexity index is 778. The van der Waals surface area contributed by atoms with Gasteiger partial charge in [-0.25, -0.2) is 5.43 Å². The smallest absolute Gasteiger partial charge is 0.154 e. The molecule has 3 unspecified atom stereocenters. The summed E-state index contributed by atoms with van der Waals surface area (Å²) in [5.41, 5.74) is 8.83. The van der Waals surface area contributed by atoms with Crippen LogP contribution in [0.25, 0.3) is 0 Å². The zero-order chi connectivity index (χ0) is 18.8. The normalized spacial score (nSPS) is 25.8. The Morgan fingerprint density at radius 1 is 1.26 bits per heavy atom. The Balaban J connectivity index is 1.53. The molecule has 2 saturated heterocycles. The molecule has 2 aromatic rings. The van der Waals surface area contributed by atoms with Crippen molar-refractivity contribution >= 4 is 0 Å². The van der Waals surface area contributed by atoms with Gasteiger partial charge in [0.2, 0.25) is 0 Å². The van der Waals surface area contributed by atoms with Gasteiger partial charge in [0.05, 0.1) is 32.0 Å². The molecule has 0 radical (unpaired) electrons. The summed E-state index contributed by atoms with van der Waals surface area (Å²) in [5, 5.41) is 4.07. The number of aryl methyl sites for hydroxylation is 1. The Labute approximate surface area is 160 Å². The van der Waals surface area contributed by atoms with Crippen LogP contribution in [0, 0.1) is 12.8 Å². The maximum Gasteiger partial charge on any atom is 0.154 e. The average Bonchev–Trinajstić information content (AvgIpc) is 3.42. The first kappa shape index (κ1) is 18.3. The first-order valence-electron chi connectivity index (χ1n) is 9.57. The molecule has 27 heavy (non-hydrogen) atoms. The number of hydrazine groups is 1. The summed E-state index contributed by atoms with van der Waals surface area (Å²) in [5.74, 6) is 3.12. The van der Waals surface area contributed by atoms with Gasteiger partial charge in [0.25, 0.3) is 0 Å². The average molecular weight is 372 g/mol. The van der Waals surface area contributed by atoms with Gasteiger partial charge in [-0.1, -0.05) is 5.16 Å². The molecule has 1 aromatic carbocycles. The predicted octanol–water partition coefficient (Wildman–Crippen LogP) is 2.60. The second-order valence-corrected chi connectivity index (χ2v) is 7.39. The molecule has 0 amide bonds. The van der Waals surface area contributed by atoms with E-state index in [9.17, 15) is 0 Å². The van der Waals surface area contributed by atoms with Gasteiger partial charge in [-0.05, 0) is 44.5 Å². The lowest BCUT2D eigenvalue weighted by molar-refractivity contribution is 0.182. The molecule has 4 rings (SSSR count). The Morgan fingerprint density at radius 3 is 2.89 bits per heavy atom. The second kappa shape index (κ2) is 7.88. The van der Waals surface area contributed by atoms with Crippen LogP contribution < -0.4 is 20.3 Å². The van der Waals surface area contributed by atoms with E-state index >= 15 is 0 Å². The van der Waals surface area contributed by atoms with Gasteiger partial charge in [0.1, 0.15) is 11.5 Å². The highest BCUT2D eigenvalue weighted by molar-refractivity contribution is 5.43. The minimum absolute atomic E-state index is 0.160. The van der Waals surface area contributed by atoms with Gasteiger partial charge in [-0.3, -0.25) is 10.3 Å². The molecule has 2 aliphatic rings. The molecule has 146 valence electrons. The third kappa shape index (κ3) is 3.67. The topological polar surface area (TPSA) is 71.8 Å². The van der Waals surface area contributed by atoms with Crippen LogP contribution >= 0.6 is 0 Å². The number of methoxy groups -OCH3 is 2. The fourth-order valence-electron chi connectivity index (χ4n) is 4.33. The fraction of sp³-hybridized carbons (Fsp3) is 0.550. The van der Waals surface area contributed by atoms with E-state index in [0.717, 1.165) is 54.6 Å². The fourth-order valence-corrected chi connectivity index (χ4v) is 4.33. The van der Waals surface area contributed by atoms with Crippen LogP contribution in [0.1, 0.15) is 41.9 Å². The van der Waals surface area contributed by atoms with E-state index in [1.807, 2.05) is 19.1 Å². The number of hydrogen-bond acceptors (Lipinski definition) is 7. The van der Waals surface area contributed by atoms with E-state index in [2.05, 4.69) is 33.0 Å². The van der Waals surface area contributed by atoms with Crippen molar-refractivity contribution < 1.29 is 14.0 Å². The van der Waals surface area contributed by atoms with Crippen molar-refractivity contribution in [2.24, 2.45) is 5.92 Å². The van der Waals surface area contributed by atoms with Gasteiger partial charge < -0.3 is 14.0 Å². The van der Waals surface area contributed by atoms with Crippen LogP contribution in [0.5, 0.6) is 11.5 Å². The van der Waals surface area contributed by atoms with E-state index in [1.54, 1.807) is 14.2 Å². The first-order chi connectivity index (χ1) is 13.2. The lowest BCUT2D eigenvalue weighted by Gasteiger charge is -2.28. The van der Waals surface area contributed by atoms with E-state index in [0.29, 0.717) is 12.0 Å². The largest absolute Gasteiger partial charge is 0.497 e. The molecule has 3 heterocycles. The molecular formula is C20H28N4O3. The van der Waals surface area contributed by atoms with Gasteiger partial charge >= 0.3 is 0 Å². The number of nitrogens with one attached hydrogen (secondary N) is 2. The monoisotopic (exact) mass is 372 g/mol. The maximum atomic E-state index is 5.61. The van der Waals surface area contributed by atoms with E-state index in [1.165, 1.54) is 6.42 Å². The Hall–Kier alpha value is -2.09. The van der Waals surface area contributed by atoms with Crippen molar-refractivity contribution in [2.75, 3.05) is 33.9 Å². The summed E-state index contributed by atoms with van der Waals surface area (Å²) in [6, 6.07) is 8.52. The molecule has 0 saturated carbocycles. The number of hydrogen-bond donors (Lipinski definition) is 2. The van der Waals surface area contributed by atoms with Crippen LogP contribution in [0.4, 0.5) is 0 Å². The van der Waals surface area contributed by atoms with E-state index in [4.69, 9.17) is 14.0 Å². The van der Waals surface area contributed by atoms with Crippen molar-refractivity contribution in [3.63, 3.8) is 0 Å². The van der Waals surface area contributed by atoms with Gasteiger partial charge in [0.15, 0.2) is 5.76 Å². The van der Waals surface area contributed by atoms with Crippen molar-refractivity contribution in [2.45, 2.75) is 31.8 Å². The quantitative estimate of drug-likeness (QED) is 0.807. The number of benzene rings is 1. The maximum absolute atomic E-state index is 5.61. The van der Waals surface area contributed by atoms with Gasteiger partial charge in [-0.15, -0.1) is 0 Å². The number of likely N-dealkylation sites (tertiary alicyclic amines) is 1. The minimum atomic E-state index is 0.160. The summed E-state index contributed by atoms with van der Waals surface area (Å²) in [6.07, 6.45) is 2.31. The van der Waals surface area contributed by atoms with Crippen LogP contribution in [0.3, 0.4) is 0 Å². The van der Waals surface area contributed by atoms with Crippen molar-refractivity contribution in [3.8, 4) is 11.5 Å². The molecule has 2 aliphatic heterocycles. The molecule has 0 aliphatic carbocycles. The Kier molecular flexibility index (Phi) is 5.33. The highest BCUT2D eigenvalue weighted by atomic mass is 16.5. The van der Waals surface area contributed by atoms with Gasteiger partial charge in [-0.2, -0.15) is 0 Å². The Morgan fingerprint density at radius 2 is 2.15 bits per heavy atom. The molecule has 0 bridgehead atoms. The summed E-state index contributed by atoms with van der Waals surface area (Å²) in [6.45, 7) is 4.95. The third-order valence-corrected chi connectivity index (χ3v) is 5.67. The molecule has 3 atom stereocenters. The summed E-state index contributed by atoms with van der Waals surface area (Å²) in [7, 11) is 3.41. The second-order valence-electron chi connectivity index (χ2n) is 7.39. The van der Waals surface area contributed by atoms with Crippen LogP contribution in [-0.4, -0.2) is 43.9 Å². The highest BCUT2D eigenvalue weighted by Gasteiger charge is 2.36. The molecule has 2 fully saturated rings. The molecule has 7 nitrogen and oxygen atoms in total. The van der Waals surface area contributed by atoms with Gasteiger partial charge in [0, 0.05) is 30.6 Å². The lowest BCUT2D eigenvalue weighted by Crippen LogP contribution is -2.33. The van der Waals surface area contributed by atoms with E-state index < -0.39 is 0 Å². The number of aromatic nitrogens is 1. The molecule has 1 aromatic heterocycles. The van der Waals surface area contributed by atoms with Crippen molar-refractivity contribution in [3.05, 3.63) is 41.3 Å². The number of nitrogens with zero attached hydrogens (tertiary/aromatic N) is 2. The highest BCUT2D eigenvalue weighted by Crippen LogP contribution is 2.38. The standard InChI is InChI=1S/C20H28N4O3/c1-13-9-19(27-23-13)17-5-4-8-24(17)12-14-11-21-22-20(14)16-10-15(25-2)6-7-18(16)26-3/h6-7,9-10,14,17,20-22H,4-5,8,11-12H2,1-3H3. The SMILES string of the molecule is COc1ccc(OC)c(C2NNCC2CN2CCCC2c2cc(C)no2)c1. The molecular weight excluding hydrogens is 344 g/mol. The summed E-state index contributed by atoms with van der Waals surface area (Å²) < 4.78 is 16.6. The van der Waals surface area contributed by atoms with Crippen LogP contribution in [0.15, 0.2) is 28.8 Å². The first-order valence-corrected chi connectivity index (χ1v) is 9.57. The molecule has 2 N–H and O–H groups in total. The van der Waals surface area contributed by atoms with Crippen molar-refractivity contribution in [1.29, 1.82) is 0 Å². The predicted molar refractivity (Wildman–Crippen MR) is 102 cm³/mol. The molecule has 0 spiro atoms. The number of ether oxygens (including phenoxy) is 2. The van der Waals surface area contributed by atoms with Crippen LogP contribution in [-0.2, 0) is 0 Å². The van der Waals surface area contributed by atoms with Crippen LogP contribution in [0.2, 0.25) is 0 Å². The third-order valence-electron chi connectivity index (χ3n) is 5.67. The summed E-state index contributed by atoms with van der Waals surface area (Å²) >= 11 is 0. The van der Waals surface area contributed by atoms with Crippen molar-refractivity contribution in [1.82, 2.24) is 20.9 Å². The zero-order valence-electron chi connectivity index (χ0n) is 16.2. The minimum Gasteiger partial charge on any atom is -0.497 e.